The number of carbonyl (C=O) groups is 1. The number of methoxy groups -OCH3 is 1. The summed E-state index contributed by atoms with van der Waals surface area (Å²) in [7, 11) is -2.03. The van der Waals surface area contributed by atoms with Gasteiger partial charge in [0, 0.05) is 32.1 Å². The van der Waals surface area contributed by atoms with Crippen LogP contribution >= 0.6 is 0 Å². The quantitative estimate of drug-likeness (QED) is 0.525. The van der Waals surface area contributed by atoms with Crippen LogP contribution in [0.5, 0.6) is 11.5 Å². The summed E-state index contributed by atoms with van der Waals surface area (Å²) in [4.78, 5) is 12.4. The summed E-state index contributed by atoms with van der Waals surface area (Å²) in [5.74, 6) is 0.858. The molecule has 0 unspecified atom stereocenters. The van der Waals surface area contributed by atoms with Gasteiger partial charge in [-0.25, -0.2) is 8.42 Å². The number of nitriles is 1. The Balaban J connectivity index is 1.41. The van der Waals surface area contributed by atoms with Crippen LogP contribution in [0.1, 0.15) is 24.0 Å². The van der Waals surface area contributed by atoms with Crippen molar-refractivity contribution in [1.29, 1.82) is 5.26 Å². The average molecular weight is 474 g/mol. The van der Waals surface area contributed by atoms with Gasteiger partial charge < -0.3 is 19.5 Å². The monoisotopic (exact) mass is 473 g/mol. The van der Waals surface area contributed by atoms with Gasteiger partial charge in [0.15, 0.2) is 11.5 Å². The molecular formula is C23H27N3O6S. The highest BCUT2D eigenvalue weighted by molar-refractivity contribution is 7.89. The van der Waals surface area contributed by atoms with E-state index >= 15 is 0 Å². The molecule has 10 heteroatoms. The Hall–Kier alpha value is -3.13. The smallest absolute Gasteiger partial charge is 0.243 e. The average Bonchev–Trinajstić information content (AvgIpc) is 2.86. The lowest BCUT2D eigenvalue weighted by atomic mass is 10.2. The van der Waals surface area contributed by atoms with Crippen LogP contribution in [0.4, 0.5) is 0 Å². The van der Waals surface area contributed by atoms with Crippen molar-refractivity contribution in [3.63, 3.8) is 0 Å². The highest BCUT2D eigenvalue weighted by Crippen LogP contribution is 2.28. The number of rotatable bonds is 10. The number of nitrogens with one attached hydrogen (secondary N) is 1. The number of sulfonamides is 1. The van der Waals surface area contributed by atoms with E-state index in [0.29, 0.717) is 62.9 Å². The van der Waals surface area contributed by atoms with Crippen molar-refractivity contribution < 1.29 is 27.4 Å². The molecule has 2 aromatic carbocycles. The topological polar surface area (TPSA) is 118 Å². The Morgan fingerprint density at radius 2 is 1.88 bits per heavy atom. The standard InChI is InChI=1S/C23H27N3O6S/c1-30-22-15-19(16-24)6-9-21(22)32-12-2-3-23(27)25-17-18-4-7-20(8-5-18)33(28,29)26-10-13-31-14-11-26/h4-9,15H,2-3,10-14,17H2,1H3,(H,25,27). The van der Waals surface area contributed by atoms with Gasteiger partial charge in [0.1, 0.15) is 0 Å². The van der Waals surface area contributed by atoms with Crippen molar-refractivity contribution >= 4 is 15.9 Å². The van der Waals surface area contributed by atoms with Crippen LogP contribution in [0.25, 0.3) is 0 Å². The molecule has 1 heterocycles. The summed E-state index contributed by atoms with van der Waals surface area (Å²) in [6.45, 7) is 2.12. The number of ether oxygens (including phenoxy) is 3. The maximum absolute atomic E-state index is 12.7. The third kappa shape index (κ3) is 6.68. The number of carbonyl (C=O) groups excluding carboxylic acids is 1. The van der Waals surface area contributed by atoms with E-state index in [0.717, 1.165) is 5.56 Å². The molecule has 0 bridgehead atoms. The summed E-state index contributed by atoms with van der Waals surface area (Å²) in [6.07, 6.45) is 0.786. The van der Waals surface area contributed by atoms with Gasteiger partial charge in [0.05, 0.1) is 43.5 Å². The van der Waals surface area contributed by atoms with Crippen LogP contribution < -0.4 is 14.8 Å². The zero-order chi connectivity index (χ0) is 23.7. The summed E-state index contributed by atoms with van der Waals surface area (Å²) in [5, 5.41) is 11.8. The highest BCUT2D eigenvalue weighted by Gasteiger charge is 2.26. The predicted octanol–water partition coefficient (Wildman–Crippen LogP) is 2.06. The molecule has 2 aromatic rings. The van der Waals surface area contributed by atoms with Gasteiger partial charge in [-0.1, -0.05) is 12.1 Å². The van der Waals surface area contributed by atoms with Gasteiger partial charge in [-0.2, -0.15) is 9.57 Å². The van der Waals surface area contributed by atoms with Crippen LogP contribution in [0, 0.1) is 11.3 Å². The molecule has 0 radical (unpaired) electrons. The minimum Gasteiger partial charge on any atom is -0.493 e. The lowest BCUT2D eigenvalue weighted by molar-refractivity contribution is -0.121. The molecule has 1 N–H and O–H groups in total. The van der Waals surface area contributed by atoms with E-state index in [9.17, 15) is 13.2 Å². The Kier molecular flexibility index (Phi) is 8.65. The lowest BCUT2D eigenvalue weighted by Crippen LogP contribution is -2.40. The predicted molar refractivity (Wildman–Crippen MR) is 120 cm³/mol. The van der Waals surface area contributed by atoms with Crippen LogP contribution in [-0.4, -0.2) is 58.7 Å². The fourth-order valence-corrected chi connectivity index (χ4v) is 4.68. The maximum atomic E-state index is 12.7. The zero-order valence-corrected chi connectivity index (χ0v) is 19.3. The van der Waals surface area contributed by atoms with Gasteiger partial charge >= 0.3 is 0 Å². The van der Waals surface area contributed by atoms with E-state index in [1.165, 1.54) is 11.4 Å². The number of benzene rings is 2. The van der Waals surface area contributed by atoms with E-state index in [1.807, 2.05) is 6.07 Å². The molecule has 0 spiro atoms. The molecule has 0 atom stereocenters. The van der Waals surface area contributed by atoms with Gasteiger partial charge in [-0.05, 0) is 36.2 Å². The first-order valence-corrected chi connectivity index (χ1v) is 12.0. The Labute approximate surface area is 193 Å². The van der Waals surface area contributed by atoms with Crippen LogP contribution in [0.2, 0.25) is 0 Å². The molecule has 0 saturated carbocycles. The van der Waals surface area contributed by atoms with E-state index in [1.54, 1.807) is 42.5 Å². The van der Waals surface area contributed by atoms with Crippen LogP contribution in [-0.2, 0) is 26.1 Å². The molecule has 0 aliphatic carbocycles. The van der Waals surface area contributed by atoms with Crippen molar-refractivity contribution in [3.05, 3.63) is 53.6 Å². The SMILES string of the molecule is COc1cc(C#N)ccc1OCCCC(=O)NCc1ccc(S(=O)(=O)N2CCOCC2)cc1. The van der Waals surface area contributed by atoms with E-state index in [4.69, 9.17) is 19.5 Å². The molecule has 9 nitrogen and oxygen atoms in total. The van der Waals surface area contributed by atoms with E-state index in [-0.39, 0.29) is 17.2 Å². The normalized spacial score (nSPS) is 14.3. The Morgan fingerprint density at radius 3 is 2.55 bits per heavy atom. The fourth-order valence-electron chi connectivity index (χ4n) is 3.28. The molecule has 1 fully saturated rings. The van der Waals surface area contributed by atoms with Crippen molar-refractivity contribution in [2.24, 2.45) is 0 Å². The van der Waals surface area contributed by atoms with Crippen LogP contribution in [0.3, 0.4) is 0 Å². The van der Waals surface area contributed by atoms with Gasteiger partial charge in [-0.3, -0.25) is 4.79 Å². The number of hydrogen-bond donors (Lipinski definition) is 1. The molecular weight excluding hydrogens is 446 g/mol. The molecule has 33 heavy (non-hydrogen) atoms. The van der Waals surface area contributed by atoms with Gasteiger partial charge in [0.25, 0.3) is 0 Å². The first-order chi connectivity index (χ1) is 15.9. The molecule has 1 saturated heterocycles. The van der Waals surface area contributed by atoms with Crippen molar-refractivity contribution in [2.75, 3.05) is 40.0 Å². The third-order valence-electron chi connectivity index (χ3n) is 5.12. The Morgan fingerprint density at radius 1 is 1.15 bits per heavy atom. The minimum absolute atomic E-state index is 0.129. The third-order valence-corrected chi connectivity index (χ3v) is 7.03. The first kappa shape index (κ1) is 24.5. The van der Waals surface area contributed by atoms with Crippen molar-refractivity contribution in [1.82, 2.24) is 9.62 Å². The molecule has 1 aliphatic heterocycles. The second kappa shape index (κ2) is 11.7. The highest BCUT2D eigenvalue weighted by atomic mass is 32.2. The summed E-state index contributed by atoms with van der Waals surface area (Å²) in [5.41, 5.74) is 1.29. The molecule has 1 amide bonds. The largest absolute Gasteiger partial charge is 0.493 e. The van der Waals surface area contributed by atoms with Gasteiger partial charge in [0.2, 0.25) is 15.9 Å². The van der Waals surface area contributed by atoms with E-state index in [2.05, 4.69) is 5.32 Å². The number of morpholine rings is 1. The molecule has 3 rings (SSSR count). The van der Waals surface area contributed by atoms with Crippen LogP contribution in [0.15, 0.2) is 47.4 Å². The van der Waals surface area contributed by atoms with Gasteiger partial charge in [-0.15, -0.1) is 0 Å². The Bertz CT molecular complexity index is 1090. The summed E-state index contributed by atoms with van der Waals surface area (Å²) >= 11 is 0. The lowest BCUT2D eigenvalue weighted by Gasteiger charge is -2.26. The molecule has 1 aliphatic rings. The fraction of sp³-hybridized carbons (Fsp3) is 0.391. The van der Waals surface area contributed by atoms with E-state index < -0.39 is 10.0 Å². The second-order valence-electron chi connectivity index (χ2n) is 7.37. The second-order valence-corrected chi connectivity index (χ2v) is 9.30. The first-order valence-electron chi connectivity index (χ1n) is 10.6. The molecule has 176 valence electrons. The van der Waals surface area contributed by atoms with Crippen molar-refractivity contribution in [3.8, 4) is 17.6 Å². The number of amides is 1. The minimum atomic E-state index is -3.53. The number of hydrogen-bond acceptors (Lipinski definition) is 7. The maximum Gasteiger partial charge on any atom is 0.243 e. The number of nitrogens with zero attached hydrogens (tertiary/aromatic N) is 2. The zero-order valence-electron chi connectivity index (χ0n) is 18.5. The summed E-state index contributed by atoms with van der Waals surface area (Å²) in [6, 6.07) is 13.5. The van der Waals surface area contributed by atoms with Crippen molar-refractivity contribution in [2.45, 2.75) is 24.3 Å². The molecule has 0 aromatic heterocycles. The summed E-state index contributed by atoms with van der Waals surface area (Å²) < 4.78 is 42.8.